The summed E-state index contributed by atoms with van der Waals surface area (Å²) < 4.78 is 0. The van der Waals surface area contributed by atoms with Crippen LogP contribution in [0.4, 0.5) is 5.69 Å². The van der Waals surface area contributed by atoms with Crippen LogP contribution in [0, 0.1) is 6.92 Å². The van der Waals surface area contributed by atoms with Gasteiger partial charge in [-0.1, -0.05) is 48.0 Å². The average molecular weight is 335 g/mol. The monoisotopic (exact) mass is 335 g/mol. The first-order chi connectivity index (χ1) is 11.7. The summed E-state index contributed by atoms with van der Waals surface area (Å²) in [5, 5.41) is 2.82. The molecule has 1 N–H and O–H groups in total. The molecule has 3 aromatic rings. The van der Waals surface area contributed by atoms with E-state index in [9.17, 15) is 4.79 Å². The van der Waals surface area contributed by atoms with Crippen LogP contribution in [-0.2, 0) is 4.79 Å². The van der Waals surface area contributed by atoms with Gasteiger partial charge in [0.25, 0.3) is 0 Å². The normalized spacial score (nSPS) is 10.4. The first-order valence-corrected chi connectivity index (χ1v) is 8.56. The molecule has 1 heterocycles. The van der Waals surface area contributed by atoms with Crippen LogP contribution in [0.25, 0.3) is 11.4 Å². The van der Waals surface area contributed by atoms with Gasteiger partial charge in [0.2, 0.25) is 5.91 Å². The van der Waals surface area contributed by atoms with Gasteiger partial charge in [0, 0.05) is 10.5 Å². The van der Waals surface area contributed by atoms with Gasteiger partial charge in [0.15, 0.2) is 5.82 Å². The lowest BCUT2D eigenvalue weighted by atomic mass is 10.2. The van der Waals surface area contributed by atoms with Crippen LogP contribution in [-0.4, -0.2) is 21.6 Å². The Kier molecular flexibility index (Phi) is 5.23. The maximum Gasteiger partial charge on any atom is 0.234 e. The van der Waals surface area contributed by atoms with Gasteiger partial charge in [-0.3, -0.25) is 4.79 Å². The van der Waals surface area contributed by atoms with Crippen LogP contribution in [0.3, 0.4) is 0 Å². The molecular weight excluding hydrogens is 318 g/mol. The first-order valence-electron chi connectivity index (χ1n) is 7.57. The molecule has 0 aliphatic carbocycles. The van der Waals surface area contributed by atoms with Crippen molar-refractivity contribution in [2.45, 2.75) is 11.8 Å². The second-order valence-electron chi connectivity index (χ2n) is 5.31. The molecule has 0 spiro atoms. The Morgan fingerprint density at radius 2 is 1.67 bits per heavy atom. The highest BCUT2D eigenvalue weighted by Crippen LogP contribution is 2.19. The molecular formula is C19H17N3OS. The van der Waals surface area contributed by atoms with Gasteiger partial charge in [0.05, 0.1) is 23.8 Å². The van der Waals surface area contributed by atoms with Crippen molar-refractivity contribution < 1.29 is 4.79 Å². The van der Waals surface area contributed by atoms with Crippen molar-refractivity contribution in [1.29, 1.82) is 0 Å². The zero-order valence-corrected chi connectivity index (χ0v) is 14.1. The molecule has 1 aromatic heterocycles. The van der Waals surface area contributed by atoms with Crippen LogP contribution in [0.5, 0.6) is 0 Å². The highest BCUT2D eigenvalue weighted by Gasteiger charge is 2.06. The standard InChI is InChI=1S/C19H17N3OS/c1-14-7-9-17(10-8-14)24-13-18(23)22-16-11-20-19(21-12-16)15-5-3-2-4-6-15/h2-12H,13H2,1H3,(H,22,23). The molecule has 120 valence electrons. The number of carbonyl (C=O) groups excluding carboxylic acids is 1. The Morgan fingerprint density at radius 3 is 2.33 bits per heavy atom. The number of nitrogens with one attached hydrogen (secondary N) is 1. The van der Waals surface area contributed by atoms with Crippen LogP contribution in [0.15, 0.2) is 71.9 Å². The number of benzene rings is 2. The van der Waals surface area contributed by atoms with Gasteiger partial charge in [-0.2, -0.15) is 0 Å². The van der Waals surface area contributed by atoms with E-state index < -0.39 is 0 Å². The Labute approximate surface area is 145 Å². The van der Waals surface area contributed by atoms with Crippen molar-refractivity contribution in [1.82, 2.24) is 9.97 Å². The molecule has 0 aliphatic heterocycles. The molecule has 0 fully saturated rings. The Bertz CT molecular complexity index is 802. The number of hydrogen-bond acceptors (Lipinski definition) is 4. The summed E-state index contributed by atoms with van der Waals surface area (Å²) in [6.45, 7) is 2.04. The summed E-state index contributed by atoms with van der Waals surface area (Å²) in [5.41, 5.74) is 2.76. The summed E-state index contributed by atoms with van der Waals surface area (Å²) in [4.78, 5) is 21.7. The predicted octanol–water partition coefficient (Wildman–Crippen LogP) is 4.18. The number of anilines is 1. The fraction of sp³-hybridized carbons (Fsp3) is 0.105. The molecule has 2 aromatic carbocycles. The van der Waals surface area contributed by atoms with Crippen molar-refractivity contribution in [2.75, 3.05) is 11.1 Å². The third kappa shape index (κ3) is 4.43. The zero-order valence-electron chi connectivity index (χ0n) is 13.3. The van der Waals surface area contributed by atoms with E-state index in [-0.39, 0.29) is 5.91 Å². The van der Waals surface area contributed by atoms with E-state index in [2.05, 4.69) is 15.3 Å². The molecule has 0 aliphatic rings. The quantitative estimate of drug-likeness (QED) is 0.711. The molecule has 3 rings (SSSR count). The van der Waals surface area contributed by atoms with Crippen LogP contribution >= 0.6 is 11.8 Å². The van der Waals surface area contributed by atoms with Crippen LogP contribution in [0.2, 0.25) is 0 Å². The van der Waals surface area contributed by atoms with E-state index in [0.717, 1.165) is 10.5 Å². The lowest BCUT2D eigenvalue weighted by molar-refractivity contribution is -0.113. The molecule has 0 radical (unpaired) electrons. The van der Waals surface area contributed by atoms with Crippen molar-refractivity contribution >= 4 is 23.4 Å². The van der Waals surface area contributed by atoms with E-state index in [4.69, 9.17) is 0 Å². The molecule has 0 bridgehead atoms. The lowest BCUT2D eigenvalue weighted by Gasteiger charge is -2.06. The number of nitrogens with zero attached hydrogens (tertiary/aromatic N) is 2. The van der Waals surface area contributed by atoms with Gasteiger partial charge in [0.1, 0.15) is 0 Å². The predicted molar refractivity (Wildman–Crippen MR) is 98.0 cm³/mol. The summed E-state index contributed by atoms with van der Waals surface area (Å²) in [7, 11) is 0. The van der Waals surface area contributed by atoms with E-state index in [1.54, 1.807) is 12.4 Å². The van der Waals surface area contributed by atoms with Gasteiger partial charge in [-0.25, -0.2) is 9.97 Å². The molecule has 0 unspecified atom stereocenters. The van der Waals surface area contributed by atoms with Gasteiger partial charge in [-0.15, -0.1) is 11.8 Å². The zero-order chi connectivity index (χ0) is 16.8. The fourth-order valence-electron chi connectivity index (χ4n) is 2.11. The maximum atomic E-state index is 12.0. The van der Waals surface area contributed by atoms with Gasteiger partial charge >= 0.3 is 0 Å². The van der Waals surface area contributed by atoms with Crippen LogP contribution < -0.4 is 5.32 Å². The minimum Gasteiger partial charge on any atom is -0.323 e. The molecule has 0 atom stereocenters. The van der Waals surface area contributed by atoms with Crippen molar-refractivity contribution in [3.63, 3.8) is 0 Å². The maximum absolute atomic E-state index is 12.0. The molecule has 4 nitrogen and oxygen atoms in total. The van der Waals surface area contributed by atoms with E-state index in [1.165, 1.54) is 17.3 Å². The van der Waals surface area contributed by atoms with Crippen molar-refractivity contribution in [3.8, 4) is 11.4 Å². The molecule has 0 saturated carbocycles. The molecule has 0 saturated heterocycles. The van der Waals surface area contributed by atoms with Crippen molar-refractivity contribution in [2.24, 2.45) is 0 Å². The van der Waals surface area contributed by atoms with Crippen LogP contribution in [0.1, 0.15) is 5.56 Å². The Hall–Kier alpha value is -2.66. The second kappa shape index (κ2) is 7.75. The van der Waals surface area contributed by atoms with E-state index >= 15 is 0 Å². The highest BCUT2D eigenvalue weighted by molar-refractivity contribution is 8.00. The highest BCUT2D eigenvalue weighted by atomic mass is 32.2. The molecule has 1 amide bonds. The number of thioether (sulfide) groups is 1. The summed E-state index contributed by atoms with van der Waals surface area (Å²) in [6.07, 6.45) is 3.26. The minimum absolute atomic E-state index is 0.0726. The largest absolute Gasteiger partial charge is 0.323 e. The van der Waals surface area contributed by atoms with Gasteiger partial charge in [-0.05, 0) is 19.1 Å². The Morgan fingerprint density at radius 1 is 1.00 bits per heavy atom. The number of amides is 1. The number of hydrogen-bond donors (Lipinski definition) is 1. The topological polar surface area (TPSA) is 54.9 Å². The minimum atomic E-state index is -0.0726. The fourth-order valence-corrected chi connectivity index (χ4v) is 2.81. The number of rotatable bonds is 5. The Balaban J connectivity index is 1.55. The van der Waals surface area contributed by atoms with E-state index in [0.29, 0.717) is 17.3 Å². The summed E-state index contributed by atoms with van der Waals surface area (Å²) >= 11 is 1.50. The SMILES string of the molecule is Cc1ccc(SCC(=O)Nc2cnc(-c3ccccc3)nc2)cc1. The van der Waals surface area contributed by atoms with Gasteiger partial charge < -0.3 is 5.32 Å². The van der Waals surface area contributed by atoms with E-state index in [1.807, 2.05) is 61.5 Å². The smallest absolute Gasteiger partial charge is 0.234 e. The molecule has 5 heteroatoms. The average Bonchev–Trinajstić information content (AvgIpc) is 2.63. The number of aromatic nitrogens is 2. The molecule has 24 heavy (non-hydrogen) atoms. The summed E-state index contributed by atoms with van der Waals surface area (Å²) in [5.74, 6) is 0.919. The van der Waals surface area contributed by atoms with Crippen molar-refractivity contribution in [3.05, 3.63) is 72.6 Å². The third-order valence-corrected chi connectivity index (χ3v) is 4.37. The number of carbonyl (C=O) groups is 1. The lowest BCUT2D eigenvalue weighted by Crippen LogP contribution is -2.14. The summed E-state index contributed by atoms with van der Waals surface area (Å²) in [6, 6.07) is 17.8. The second-order valence-corrected chi connectivity index (χ2v) is 6.36. The number of aryl methyl sites for hydroxylation is 1. The third-order valence-electron chi connectivity index (χ3n) is 3.36. The first kappa shape index (κ1) is 16.2.